The number of rotatable bonds is 2. The Labute approximate surface area is 143 Å². The lowest BCUT2D eigenvalue weighted by atomic mass is 10.0. The molecule has 0 spiro atoms. The predicted octanol–water partition coefficient (Wildman–Crippen LogP) is 3.12. The van der Waals surface area contributed by atoms with E-state index in [1.807, 2.05) is 6.92 Å². The molecule has 0 saturated heterocycles. The summed E-state index contributed by atoms with van der Waals surface area (Å²) in [7, 11) is 1.63. The lowest BCUT2D eigenvalue weighted by Crippen LogP contribution is -2.27. The highest BCUT2D eigenvalue weighted by Gasteiger charge is 2.19. The standard InChI is InChI=1S/C17H17IN4/c1-10(21-22-17(19)20-2)11-3-5-15-12(7-11)8-13-9-14(18)4-6-16(13)15/h3-7,9H,8H2,1-2H3,(H3,19,20,22)/b21-10+. The second-order valence-electron chi connectivity index (χ2n) is 5.27. The first-order valence-corrected chi connectivity index (χ1v) is 8.11. The largest absolute Gasteiger partial charge is 0.369 e. The SMILES string of the molecule is CN=C(N)N/N=C(\C)c1ccc2c(c1)Cc1cc(I)ccc1-2. The van der Waals surface area contributed by atoms with E-state index in [1.165, 1.54) is 25.8 Å². The maximum absolute atomic E-state index is 5.59. The molecule has 4 nitrogen and oxygen atoms in total. The van der Waals surface area contributed by atoms with Gasteiger partial charge in [-0.05, 0) is 82.0 Å². The lowest BCUT2D eigenvalue weighted by Gasteiger charge is -2.06. The van der Waals surface area contributed by atoms with Crippen molar-refractivity contribution in [3.8, 4) is 11.1 Å². The molecule has 0 atom stereocenters. The second-order valence-corrected chi connectivity index (χ2v) is 6.51. The second kappa shape index (κ2) is 6.08. The molecule has 1 aliphatic rings. The fourth-order valence-corrected chi connectivity index (χ4v) is 3.22. The van der Waals surface area contributed by atoms with E-state index in [2.05, 4.69) is 74.5 Å². The zero-order valence-corrected chi connectivity index (χ0v) is 14.7. The first kappa shape index (κ1) is 15.0. The number of aliphatic imine (C=N–C) groups is 1. The van der Waals surface area contributed by atoms with Gasteiger partial charge in [-0.1, -0.05) is 18.2 Å². The van der Waals surface area contributed by atoms with Crippen LogP contribution in [0.15, 0.2) is 46.5 Å². The molecule has 0 fully saturated rings. The Morgan fingerprint density at radius 1 is 1.14 bits per heavy atom. The summed E-state index contributed by atoms with van der Waals surface area (Å²) < 4.78 is 1.28. The predicted molar refractivity (Wildman–Crippen MR) is 100 cm³/mol. The average molecular weight is 404 g/mol. The molecule has 0 amide bonds. The van der Waals surface area contributed by atoms with Crippen molar-refractivity contribution in [3.63, 3.8) is 0 Å². The summed E-state index contributed by atoms with van der Waals surface area (Å²) in [6.07, 6.45) is 0.981. The van der Waals surface area contributed by atoms with Crippen LogP contribution in [0.1, 0.15) is 23.6 Å². The number of hydrazone groups is 1. The quantitative estimate of drug-likeness (QED) is 0.299. The number of halogens is 1. The highest BCUT2D eigenvalue weighted by Crippen LogP contribution is 2.37. The smallest absolute Gasteiger partial charge is 0.209 e. The van der Waals surface area contributed by atoms with Crippen molar-refractivity contribution in [1.82, 2.24) is 5.43 Å². The third kappa shape index (κ3) is 2.85. The van der Waals surface area contributed by atoms with Crippen molar-refractivity contribution in [2.75, 3.05) is 7.05 Å². The van der Waals surface area contributed by atoms with E-state index in [1.54, 1.807) is 7.05 Å². The minimum absolute atomic E-state index is 0.308. The average Bonchev–Trinajstić information content (AvgIpc) is 2.88. The number of nitrogens with zero attached hydrogens (tertiary/aromatic N) is 2. The van der Waals surface area contributed by atoms with Crippen LogP contribution >= 0.6 is 22.6 Å². The number of guanidine groups is 1. The minimum atomic E-state index is 0.308. The van der Waals surface area contributed by atoms with E-state index < -0.39 is 0 Å². The van der Waals surface area contributed by atoms with Gasteiger partial charge in [-0.15, -0.1) is 0 Å². The Bertz CT molecular complexity index is 793. The number of hydrogen-bond acceptors (Lipinski definition) is 2. The highest BCUT2D eigenvalue weighted by molar-refractivity contribution is 14.1. The van der Waals surface area contributed by atoms with Crippen LogP contribution in [-0.4, -0.2) is 18.7 Å². The third-order valence-corrected chi connectivity index (χ3v) is 4.51. The van der Waals surface area contributed by atoms with E-state index in [0.29, 0.717) is 5.96 Å². The molecule has 0 heterocycles. The van der Waals surface area contributed by atoms with E-state index in [-0.39, 0.29) is 0 Å². The molecule has 0 saturated carbocycles. The number of benzene rings is 2. The van der Waals surface area contributed by atoms with Crippen molar-refractivity contribution >= 4 is 34.3 Å². The maximum atomic E-state index is 5.59. The molecule has 0 radical (unpaired) electrons. The van der Waals surface area contributed by atoms with Gasteiger partial charge in [0.25, 0.3) is 0 Å². The van der Waals surface area contributed by atoms with Gasteiger partial charge in [0, 0.05) is 10.6 Å². The fraction of sp³-hybridized carbons (Fsp3) is 0.176. The summed E-state index contributed by atoms with van der Waals surface area (Å²) in [5.41, 5.74) is 15.7. The van der Waals surface area contributed by atoms with Crippen LogP contribution in [-0.2, 0) is 6.42 Å². The summed E-state index contributed by atoms with van der Waals surface area (Å²) in [5, 5.41) is 4.26. The van der Waals surface area contributed by atoms with Gasteiger partial charge < -0.3 is 5.73 Å². The molecule has 0 bridgehead atoms. The number of fused-ring (bicyclic) bond motifs is 3. The van der Waals surface area contributed by atoms with Crippen molar-refractivity contribution < 1.29 is 0 Å². The van der Waals surface area contributed by atoms with Gasteiger partial charge in [-0.25, -0.2) is 5.43 Å². The Hall–Kier alpha value is -1.89. The summed E-state index contributed by atoms with van der Waals surface area (Å²) in [6.45, 7) is 1.96. The Morgan fingerprint density at radius 3 is 2.55 bits per heavy atom. The normalized spacial score (nSPS) is 13.8. The van der Waals surface area contributed by atoms with E-state index in [0.717, 1.165) is 17.7 Å². The van der Waals surface area contributed by atoms with Gasteiger partial charge in [0.2, 0.25) is 5.96 Å². The molecule has 0 aliphatic heterocycles. The summed E-state index contributed by atoms with van der Waals surface area (Å²) in [5.74, 6) is 0.308. The monoisotopic (exact) mass is 404 g/mol. The van der Waals surface area contributed by atoms with Crippen LogP contribution in [0.25, 0.3) is 11.1 Å². The van der Waals surface area contributed by atoms with Gasteiger partial charge in [0.15, 0.2) is 0 Å². The number of nitrogens with one attached hydrogen (secondary N) is 1. The van der Waals surface area contributed by atoms with Crippen molar-refractivity contribution in [2.45, 2.75) is 13.3 Å². The molecule has 22 heavy (non-hydrogen) atoms. The fourth-order valence-electron chi connectivity index (χ4n) is 2.66. The van der Waals surface area contributed by atoms with Crippen LogP contribution in [0.3, 0.4) is 0 Å². The topological polar surface area (TPSA) is 62.8 Å². The molecule has 5 heteroatoms. The summed E-state index contributed by atoms with van der Waals surface area (Å²) in [4.78, 5) is 3.82. The van der Waals surface area contributed by atoms with Crippen molar-refractivity contribution in [1.29, 1.82) is 0 Å². The molecule has 0 aromatic heterocycles. The van der Waals surface area contributed by atoms with Crippen molar-refractivity contribution in [3.05, 3.63) is 56.7 Å². The third-order valence-electron chi connectivity index (χ3n) is 3.84. The van der Waals surface area contributed by atoms with Gasteiger partial charge in [0.05, 0.1) is 5.71 Å². The molecule has 3 rings (SSSR count). The molecule has 2 aromatic rings. The number of nitrogens with two attached hydrogens (primary N) is 1. The molecule has 112 valence electrons. The zero-order chi connectivity index (χ0) is 15.7. The van der Waals surface area contributed by atoms with Crippen molar-refractivity contribution in [2.24, 2.45) is 15.8 Å². The van der Waals surface area contributed by atoms with Crippen LogP contribution in [0.4, 0.5) is 0 Å². The van der Waals surface area contributed by atoms with Gasteiger partial charge >= 0.3 is 0 Å². The number of hydrogen-bond donors (Lipinski definition) is 2. The van der Waals surface area contributed by atoms with Crippen LogP contribution in [0.5, 0.6) is 0 Å². The Kier molecular flexibility index (Phi) is 4.15. The molecular formula is C17H17IN4. The zero-order valence-electron chi connectivity index (χ0n) is 12.5. The highest BCUT2D eigenvalue weighted by atomic mass is 127. The van der Waals surface area contributed by atoms with Gasteiger partial charge in [-0.3, -0.25) is 4.99 Å². The Morgan fingerprint density at radius 2 is 1.82 bits per heavy atom. The Balaban J connectivity index is 1.91. The van der Waals surface area contributed by atoms with Crippen LogP contribution < -0.4 is 11.2 Å². The molecule has 2 aromatic carbocycles. The first-order valence-electron chi connectivity index (χ1n) is 7.03. The van der Waals surface area contributed by atoms with E-state index in [4.69, 9.17) is 5.73 Å². The van der Waals surface area contributed by atoms with Gasteiger partial charge in [0.1, 0.15) is 0 Å². The van der Waals surface area contributed by atoms with Crippen LogP contribution in [0, 0.1) is 3.57 Å². The molecule has 3 N–H and O–H groups in total. The minimum Gasteiger partial charge on any atom is -0.369 e. The summed E-state index contributed by atoms with van der Waals surface area (Å²) in [6, 6.07) is 13.1. The van der Waals surface area contributed by atoms with Gasteiger partial charge in [-0.2, -0.15) is 5.10 Å². The first-order chi connectivity index (χ1) is 10.6. The van der Waals surface area contributed by atoms with Crippen LogP contribution in [0.2, 0.25) is 0 Å². The molecule has 0 unspecified atom stereocenters. The molecule has 1 aliphatic carbocycles. The molecular weight excluding hydrogens is 387 g/mol. The van der Waals surface area contributed by atoms with E-state index in [9.17, 15) is 0 Å². The van der Waals surface area contributed by atoms with E-state index >= 15 is 0 Å². The lowest BCUT2D eigenvalue weighted by molar-refractivity contribution is 0.997. The summed E-state index contributed by atoms with van der Waals surface area (Å²) >= 11 is 2.36. The maximum Gasteiger partial charge on any atom is 0.209 e.